The van der Waals surface area contributed by atoms with Gasteiger partial charge in [0, 0.05) is 31.7 Å². The van der Waals surface area contributed by atoms with Crippen molar-refractivity contribution in [3.63, 3.8) is 0 Å². The van der Waals surface area contributed by atoms with Crippen LogP contribution in [0.5, 0.6) is 5.75 Å². The number of benzene rings is 2. The van der Waals surface area contributed by atoms with Gasteiger partial charge in [0.15, 0.2) is 5.75 Å². The summed E-state index contributed by atoms with van der Waals surface area (Å²) < 4.78 is 47.7. The Morgan fingerprint density at radius 1 is 1.11 bits per heavy atom. The van der Waals surface area contributed by atoms with E-state index in [-0.39, 0.29) is 57.4 Å². The van der Waals surface area contributed by atoms with Crippen LogP contribution in [0.3, 0.4) is 0 Å². The van der Waals surface area contributed by atoms with Gasteiger partial charge in [0.25, 0.3) is 5.91 Å². The van der Waals surface area contributed by atoms with Crippen molar-refractivity contribution >= 4 is 44.8 Å². The maximum atomic E-state index is 13.7. The molecule has 37 heavy (non-hydrogen) atoms. The van der Waals surface area contributed by atoms with Crippen LogP contribution < -0.4 is 4.90 Å². The van der Waals surface area contributed by atoms with Gasteiger partial charge in [-0.3, -0.25) is 4.79 Å². The van der Waals surface area contributed by atoms with Gasteiger partial charge in [-0.25, -0.2) is 12.8 Å². The fourth-order valence-electron chi connectivity index (χ4n) is 5.62. The Morgan fingerprint density at radius 2 is 1.78 bits per heavy atom. The zero-order valence-electron chi connectivity index (χ0n) is 20.5. The lowest BCUT2D eigenvalue weighted by molar-refractivity contribution is -0.00770. The second-order valence-corrected chi connectivity index (χ2v) is 13.0. The highest BCUT2D eigenvalue weighted by molar-refractivity contribution is 7.89. The number of phenolic OH excluding ortho intramolecular Hbond substituents is 1. The fraction of sp³-hybridized carbons (Fsp3) is 0.480. The molecule has 0 aromatic heterocycles. The predicted octanol–water partition coefficient (Wildman–Crippen LogP) is 4.13. The minimum atomic E-state index is -3.93. The van der Waals surface area contributed by atoms with Crippen molar-refractivity contribution in [1.82, 2.24) is 9.21 Å². The van der Waals surface area contributed by atoms with Gasteiger partial charge in [0.2, 0.25) is 10.0 Å². The molecular formula is C25H28Cl2FN3O5S. The van der Waals surface area contributed by atoms with E-state index in [1.807, 2.05) is 4.90 Å². The normalized spacial score (nSPS) is 23.9. The van der Waals surface area contributed by atoms with Crippen LogP contribution in [0.2, 0.25) is 10.0 Å². The summed E-state index contributed by atoms with van der Waals surface area (Å²) in [7, 11) is -3.93. The van der Waals surface area contributed by atoms with Crippen LogP contribution in [0.1, 0.15) is 37.0 Å². The lowest BCUT2D eigenvalue weighted by Gasteiger charge is -2.43. The number of nitrogens with zero attached hydrogens (tertiary/aromatic N) is 3. The SMILES string of the molecule is CC1(C)COCCN1S(=O)(=O)c1cc(Cl)c(O)c(N2[C@@H]3CC[C@H]2CN(C(=O)c2ccc(F)cc2Cl)C3)c1. The number of ether oxygens (including phenoxy) is 1. The molecule has 1 amide bonds. The first-order valence-electron chi connectivity index (χ1n) is 12.1. The first-order chi connectivity index (χ1) is 17.4. The van der Waals surface area contributed by atoms with E-state index in [1.165, 1.54) is 28.6 Å². The molecule has 0 unspecified atom stereocenters. The van der Waals surface area contributed by atoms with Crippen molar-refractivity contribution < 1.29 is 27.4 Å². The molecule has 200 valence electrons. The number of phenols is 1. The van der Waals surface area contributed by atoms with Gasteiger partial charge in [0.1, 0.15) is 5.82 Å². The number of aromatic hydroxyl groups is 1. The summed E-state index contributed by atoms with van der Waals surface area (Å²) in [6.07, 6.45) is 1.49. The van der Waals surface area contributed by atoms with Crippen LogP contribution in [0.15, 0.2) is 35.2 Å². The molecule has 3 aliphatic heterocycles. The van der Waals surface area contributed by atoms with Gasteiger partial charge in [-0.15, -0.1) is 0 Å². The maximum absolute atomic E-state index is 13.7. The number of sulfonamides is 1. The molecule has 3 fully saturated rings. The molecular weight excluding hydrogens is 544 g/mol. The topological polar surface area (TPSA) is 90.4 Å². The molecule has 2 atom stereocenters. The third kappa shape index (κ3) is 4.67. The Morgan fingerprint density at radius 3 is 2.41 bits per heavy atom. The number of likely N-dealkylation sites (tertiary alicyclic amines) is 1. The average molecular weight is 572 g/mol. The van der Waals surface area contributed by atoms with Crippen LogP contribution in [0.25, 0.3) is 0 Å². The number of piperazine rings is 1. The molecule has 0 saturated carbocycles. The Kier molecular flexibility index (Phi) is 6.85. The fourth-order valence-corrected chi connectivity index (χ4v) is 7.95. The largest absolute Gasteiger partial charge is 0.504 e. The van der Waals surface area contributed by atoms with Crippen LogP contribution in [0.4, 0.5) is 10.1 Å². The van der Waals surface area contributed by atoms with E-state index in [9.17, 15) is 22.7 Å². The number of rotatable bonds is 4. The van der Waals surface area contributed by atoms with Gasteiger partial charge in [-0.1, -0.05) is 23.2 Å². The lowest BCUT2D eigenvalue weighted by Crippen LogP contribution is -2.56. The van der Waals surface area contributed by atoms with Crippen molar-refractivity contribution in [2.45, 2.75) is 49.2 Å². The molecule has 3 heterocycles. The highest BCUT2D eigenvalue weighted by Gasteiger charge is 2.44. The Labute approximate surface area is 225 Å². The quantitative estimate of drug-likeness (QED) is 0.593. The first-order valence-corrected chi connectivity index (χ1v) is 14.3. The number of carbonyl (C=O) groups excluding carboxylic acids is 1. The van der Waals surface area contributed by atoms with E-state index < -0.39 is 21.4 Å². The number of carbonyl (C=O) groups is 1. The molecule has 3 saturated heterocycles. The summed E-state index contributed by atoms with van der Waals surface area (Å²) in [5.74, 6) is -1.01. The van der Waals surface area contributed by atoms with Crippen molar-refractivity contribution in [3.05, 3.63) is 51.8 Å². The number of hydrogen-bond acceptors (Lipinski definition) is 6. The zero-order chi connectivity index (χ0) is 26.7. The van der Waals surface area contributed by atoms with Crippen molar-refractivity contribution in [3.8, 4) is 5.75 Å². The van der Waals surface area contributed by atoms with E-state index in [4.69, 9.17) is 27.9 Å². The monoisotopic (exact) mass is 571 g/mol. The summed E-state index contributed by atoms with van der Waals surface area (Å²) in [5, 5.41) is 10.9. The second kappa shape index (κ2) is 9.57. The molecule has 2 aromatic rings. The van der Waals surface area contributed by atoms with Crippen LogP contribution >= 0.6 is 23.2 Å². The number of morpholine rings is 1. The molecule has 2 bridgehead atoms. The van der Waals surface area contributed by atoms with Gasteiger partial charge >= 0.3 is 0 Å². The van der Waals surface area contributed by atoms with Crippen LogP contribution in [-0.2, 0) is 14.8 Å². The number of amides is 1. The standard InChI is InChI=1S/C25H28Cl2FN3O5S/c1-25(2)14-36-8-7-30(25)37(34,35)18-10-21(27)23(32)22(11-18)31-16-4-5-17(31)13-29(12-16)24(33)19-6-3-15(28)9-20(19)26/h3,6,9-11,16-17,32H,4-5,7-8,12-14H2,1-2H3/t16-,17+. The third-order valence-electron chi connectivity index (χ3n) is 7.38. The van der Waals surface area contributed by atoms with Gasteiger partial charge in [-0.2, -0.15) is 4.31 Å². The molecule has 3 aliphatic rings. The second-order valence-electron chi connectivity index (χ2n) is 10.3. The highest BCUT2D eigenvalue weighted by atomic mass is 35.5. The minimum Gasteiger partial charge on any atom is -0.504 e. The summed E-state index contributed by atoms with van der Waals surface area (Å²) in [5.41, 5.74) is -0.187. The van der Waals surface area contributed by atoms with Gasteiger partial charge < -0.3 is 19.6 Å². The van der Waals surface area contributed by atoms with Gasteiger partial charge in [-0.05, 0) is 57.0 Å². The van der Waals surface area contributed by atoms with Crippen molar-refractivity contribution in [2.24, 2.45) is 0 Å². The Balaban J connectivity index is 1.45. The first kappa shape index (κ1) is 26.5. The Hall–Kier alpha value is -2.11. The van der Waals surface area contributed by atoms with E-state index in [1.54, 1.807) is 18.7 Å². The summed E-state index contributed by atoms with van der Waals surface area (Å²) in [6, 6.07) is 6.11. The third-order valence-corrected chi connectivity index (χ3v) is 10.1. The van der Waals surface area contributed by atoms with Crippen molar-refractivity contribution in [1.29, 1.82) is 0 Å². The number of anilines is 1. The predicted molar refractivity (Wildman–Crippen MR) is 139 cm³/mol. The molecule has 12 heteroatoms. The maximum Gasteiger partial charge on any atom is 0.255 e. The average Bonchev–Trinajstić information content (AvgIpc) is 3.08. The van der Waals surface area contributed by atoms with Crippen LogP contribution in [-0.4, -0.2) is 79.1 Å². The highest BCUT2D eigenvalue weighted by Crippen LogP contribution is 2.45. The lowest BCUT2D eigenvalue weighted by atomic mass is 10.1. The van der Waals surface area contributed by atoms with E-state index in [2.05, 4.69) is 0 Å². The molecule has 0 spiro atoms. The summed E-state index contributed by atoms with van der Waals surface area (Å²) in [6.45, 7) is 5.05. The molecule has 0 radical (unpaired) electrons. The Bertz CT molecular complexity index is 1340. The number of halogens is 3. The number of fused-ring (bicyclic) bond motifs is 2. The summed E-state index contributed by atoms with van der Waals surface area (Å²) in [4.78, 5) is 16.8. The molecule has 2 aromatic carbocycles. The molecule has 5 rings (SSSR count). The molecule has 1 N–H and O–H groups in total. The van der Waals surface area contributed by atoms with E-state index >= 15 is 0 Å². The van der Waals surface area contributed by atoms with E-state index in [0.717, 1.165) is 18.9 Å². The zero-order valence-corrected chi connectivity index (χ0v) is 22.8. The van der Waals surface area contributed by atoms with Crippen molar-refractivity contribution in [2.75, 3.05) is 37.7 Å². The smallest absolute Gasteiger partial charge is 0.255 e. The minimum absolute atomic E-state index is 0.00345. The summed E-state index contributed by atoms with van der Waals surface area (Å²) >= 11 is 12.5. The van der Waals surface area contributed by atoms with Crippen LogP contribution in [0, 0.1) is 5.82 Å². The number of hydrogen-bond donors (Lipinski definition) is 1. The van der Waals surface area contributed by atoms with E-state index in [0.29, 0.717) is 25.4 Å². The molecule has 8 nitrogen and oxygen atoms in total. The molecule has 0 aliphatic carbocycles. The van der Waals surface area contributed by atoms with Gasteiger partial charge in [0.05, 0.1) is 44.9 Å².